The van der Waals surface area contributed by atoms with Crippen LogP contribution in [0.5, 0.6) is 0 Å². The number of piperidine rings is 1. The van der Waals surface area contributed by atoms with E-state index in [0.29, 0.717) is 6.54 Å². The first-order valence-electron chi connectivity index (χ1n) is 6.57. The summed E-state index contributed by atoms with van der Waals surface area (Å²) in [4.78, 5) is 11.2. The summed E-state index contributed by atoms with van der Waals surface area (Å²) in [6.07, 6.45) is 1.75. The van der Waals surface area contributed by atoms with E-state index >= 15 is 0 Å². The molecular formula is C12H19N3O4S. The number of carboxylic acid groups (broad SMARTS) is 1. The fourth-order valence-electron chi connectivity index (χ4n) is 2.59. The lowest BCUT2D eigenvalue weighted by molar-refractivity contribution is 0.0691. The van der Waals surface area contributed by atoms with Gasteiger partial charge in [-0.1, -0.05) is 6.92 Å². The molecule has 7 nitrogen and oxygen atoms in total. The molecule has 0 aromatic carbocycles. The number of aryl methyl sites for hydroxylation is 1. The van der Waals surface area contributed by atoms with Gasteiger partial charge in [-0.3, -0.25) is 5.10 Å². The zero-order valence-electron chi connectivity index (χ0n) is 11.8. The molecule has 2 N–H and O–H groups in total. The quantitative estimate of drug-likeness (QED) is 0.873. The van der Waals surface area contributed by atoms with Crippen LogP contribution in [0.2, 0.25) is 0 Å². The number of aromatic nitrogens is 2. The average Bonchev–Trinajstić information content (AvgIpc) is 2.75. The van der Waals surface area contributed by atoms with Gasteiger partial charge < -0.3 is 5.11 Å². The number of H-pyrrole nitrogens is 1. The number of rotatable bonds is 3. The Morgan fingerprint density at radius 2 is 2.10 bits per heavy atom. The maximum atomic E-state index is 12.7. The summed E-state index contributed by atoms with van der Waals surface area (Å²) < 4.78 is 26.7. The van der Waals surface area contributed by atoms with Gasteiger partial charge in [-0.05, 0) is 32.6 Å². The van der Waals surface area contributed by atoms with Crippen molar-refractivity contribution in [1.82, 2.24) is 14.5 Å². The Hall–Kier alpha value is -1.41. The molecule has 2 rings (SSSR count). The van der Waals surface area contributed by atoms with E-state index in [9.17, 15) is 18.3 Å². The monoisotopic (exact) mass is 301 g/mol. The van der Waals surface area contributed by atoms with Crippen molar-refractivity contribution >= 4 is 16.0 Å². The number of carboxylic acids is 1. The molecule has 0 aliphatic carbocycles. The number of nitrogens with one attached hydrogen (secondary N) is 1. The summed E-state index contributed by atoms with van der Waals surface area (Å²) in [7, 11) is -3.89. The van der Waals surface area contributed by atoms with Crippen molar-refractivity contribution in [2.24, 2.45) is 5.92 Å². The Bertz CT molecular complexity index is 623. The van der Waals surface area contributed by atoms with Gasteiger partial charge in [-0.15, -0.1) is 0 Å². The van der Waals surface area contributed by atoms with Crippen LogP contribution in [0.1, 0.15) is 42.7 Å². The maximum absolute atomic E-state index is 12.7. The highest BCUT2D eigenvalue weighted by molar-refractivity contribution is 7.89. The van der Waals surface area contributed by atoms with E-state index in [1.807, 2.05) is 13.8 Å². The Labute approximate surface area is 118 Å². The Balaban J connectivity index is 2.48. The second kappa shape index (κ2) is 5.17. The van der Waals surface area contributed by atoms with Crippen molar-refractivity contribution in [2.45, 2.75) is 44.7 Å². The summed E-state index contributed by atoms with van der Waals surface area (Å²) in [6, 6.07) is -0.160. The van der Waals surface area contributed by atoms with Gasteiger partial charge in [0.25, 0.3) is 10.0 Å². The second-order valence-corrected chi connectivity index (χ2v) is 7.12. The first-order valence-corrected chi connectivity index (χ1v) is 8.01. The van der Waals surface area contributed by atoms with Crippen molar-refractivity contribution in [3.05, 3.63) is 11.3 Å². The number of aromatic amines is 1. The van der Waals surface area contributed by atoms with Crippen LogP contribution in [0.25, 0.3) is 0 Å². The smallest absolute Gasteiger partial charge is 0.340 e. The van der Waals surface area contributed by atoms with Crippen LogP contribution >= 0.6 is 0 Å². The topological polar surface area (TPSA) is 103 Å². The minimum absolute atomic E-state index is 0.160. The largest absolute Gasteiger partial charge is 0.478 e. The summed E-state index contributed by atoms with van der Waals surface area (Å²) >= 11 is 0. The van der Waals surface area contributed by atoms with Crippen LogP contribution in [-0.4, -0.2) is 46.6 Å². The molecule has 0 spiro atoms. The maximum Gasteiger partial charge on any atom is 0.340 e. The summed E-state index contributed by atoms with van der Waals surface area (Å²) in [5, 5.41) is 14.9. The fraction of sp³-hybridized carbons (Fsp3) is 0.667. The molecule has 0 amide bonds. The number of hydrogen-bond donors (Lipinski definition) is 2. The zero-order valence-corrected chi connectivity index (χ0v) is 12.6. The molecule has 1 aromatic rings. The van der Waals surface area contributed by atoms with Crippen LogP contribution in [0.15, 0.2) is 5.03 Å². The van der Waals surface area contributed by atoms with Crippen LogP contribution in [0, 0.1) is 12.8 Å². The number of aromatic carboxylic acids is 1. The number of carbonyl (C=O) groups is 1. The van der Waals surface area contributed by atoms with E-state index in [-0.39, 0.29) is 28.2 Å². The van der Waals surface area contributed by atoms with Crippen LogP contribution in [-0.2, 0) is 10.0 Å². The molecule has 0 radical (unpaired) electrons. The highest BCUT2D eigenvalue weighted by Gasteiger charge is 2.38. The molecule has 1 aliphatic heterocycles. The predicted molar refractivity (Wildman–Crippen MR) is 72.0 cm³/mol. The molecule has 112 valence electrons. The van der Waals surface area contributed by atoms with Crippen LogP contribution in [0.3, 0.4) is 0 Å². The Morgan fingerprint density at radius 1 is 1.45 bits per heavy atom. The third kappa shape index (κ3) is 2.33. The summed E-state index contributed by atoms with van der Waals surface area (Å²) in [5.41, 5.74) is -0.0239. The molecule has 2 heterocycles. The minimum atomic E-state index is -3.89. The van der Waals surface area contributed by atoms with Crippen molar-refractivity contribution in [3.8, 4) is 0 Å². The lowest BCUT2D eigenvalue weighted by atomic mass is 9.94. The first-order chi connectivity index (χ1) is 9.26. The molecule has 2 unspecified atom stereocenters. The lowest BCUT2D eigenvalue weighted by Gasteiger charge is -2.36. The van der Waals surface area contributed by atoms with E-state index in [4.69, 9.17) is 0 Å². The number of sulfonamides is 1. The SMILES string of the molecule is Cc1[nH]nc(S(=O)(=O)N2CCCC(C)C2C)c1C(=O)O. The molecule has 0 bridgehead atoms. The van der Waals surface area contributed by atoms with Gasteiger partial charge in [0.1, 0.15) is 5.56 Å². The van der Waals surface area contributed by atoms with Crippen molar-refractivity contribution in [3.63, 3.8) is 0 Å². The van der Waals surface area contributed by atoms with Gasteiger partial charge in [-0.25, -0.2) is 13.2 Å². The predicted octanol–water partition coefficient (Wildman–Crippen LogP) is 1.23. The Kier molecular flexibility index (Phi) is 3.88. The molecule has 1 fully saturated rings. The van der Waals surface area contributed by atoms with Crippen molar-refractivity contribution in [2.75, 3.05) is 6.54 Å². The highest BCUT2D eigenvalue weighted by atomic mass is 32.2. The molecule has 2 atom stereocenters. The van der Waals surface area contributed by atoms with E-state index in [0.717, 1.165) is 12.8 Å². The highest BCUT2D eigenvalue weighted by Crippen LogP contribution is 2.29. The number of hydrogen-bond acceptors (Lipinski definition) is 4. The van der Waals surface area contributed by atoms with Gasteiger partial charge in [0.15, 0.2) is 0 Å². The Morgan fingerprint density at radius 3 is 2.70 bits per heavy atom. The lowest BCUT2D eigenvalue weighted by Crippen LogP contribution is -2.46. The van der Waals surface area contributed by atoms with Gasteiger partial charge in [0.05, 0.1) is 0 Å². The van der Waals surface area contributed by atoms with E-state index in [1.54, 1.807) is 0 Å². The number of nitrogens with zero attached hydrogens (tertiary/aromatic N) is 2. The van der Waals surface area contributed by atoms with Crippen molar-refractivity contribution in [1.29, 1.82) is 0 Å². The van der Waals surface area contributed by atoms with Gasteiger partial charge >= 0.3 is 5.97 Å². The van der Waals surface area contributed by atoms with Crippen molar-refractivity contribution < 1.29 is 18.3 Å². The third-order valence-electron chi connectivity index (χ3n) is 4.00. The zero-order chi connectivity index (χ0) is 15.1. The third-order valence-corrected chi connectivity index (χ3v) is 5.91. The van der Waals surface area contributed by atoms with Gasteiger partial charge in [-0.2, -0.15) is 9.40 Å². The molecular weight excluding hydrogens is 282 g/mol. The molecule has 1 aromatic heterocycles. The van der Waals surface area contributed by atoms with E-state index in [1.165, 1.54) is 11.2 Å². The summed E-state index contributed by atoms with van der Waals surface area (Å²) in [6.45, 7) is 5.75. The van der Waals surface area contributed by atoms with Crippen LogP contribution < -0.4 is 0 Å². The molecule has 20 heavy (non-hydrogen) atoms. The van der Waals surface area contributed by atoms with E-state index < -0.39 is 16.0 Å². The molecule has 8 heteroatoms. The molecule has 0 saturated carbocycles. The standard InChI is InChI=1S/C12H19N3O4S/c1-7-5-4-6-15(9(7)3)20(18,19)11-10(12(16)17)8(2)13-14-11/h7,9H,4-6H2,1-3H3,(H,13,14)(H,16,17). The average molecular weight is 301 g/mol. The summed E-state index contributed by atoms with van der Waals surface area (Å²) in [5.74, 6) is -1.04. The molecule has 1 aliphatic rings. The first kappa shape index (κ1) is 15.0. The van der Waals surface area contributed by atoms with Crippen LogP contribution in [0.4, 0.5) is 0 Å². The van der Waals surface area contributed by atoms with Gasteiger partial charge in [0, 0.05) is 18.3 Å². The van der Waals surface area contributed by atoms with E-state index in [2.05, 4.69) is 10.2 Å². The van der Waals surface area contributed by atoms with Gasteiger partial charge in [0.2, 0.25) is 5.03 Å². The fourth-order valence-corrected chi connectivity index (χ4v) is 4.49. The minimum Gasteiger partial charge on any atom is -0.478 e. The second-order valence-electron chi connectivity index (χ2n) is 5.31. The normalized spacial score (nSPS) is 24.8. The molecule has 1 saturated heterocycles.